The van der Waals surface area contributed by atoms with E-state index < -0.39 is 11.8 Å². The first-order chi connectivity index (χ1) is 7.59. The molecule has 4 nitrogen and oxygen atoms in total. The number of carboxylic acids is 1. The summed E-state index contributed by atoms with van der Waals surface area (Å²) < 4.78 is 0. The number of aliphatic carboxylic acids is 1. The fourth-order valence-corrected chi connectivity index (χ4v) is 1.75. The van der Waals surface area contributed by atoms with Gasteiger partial charge in [0, 0.05) is 16.6 Å². The molecule has 82 valence electrons. The SMILES string of the molecule is Cc1c(CC(=O)C(=O)O)[nH]c2ccccc12. The van der Waals surface area contributed by atoms with E-state index >= 15 is 0 Å². The number of para-hydroxylation sites is 1. The number of H-pyrrole nitrogens is 1. The van der Waals surface area contributed by atoms with Gasteiger partial charge in [0.25, 0.3) is 0 Å². The Morgan fingerprint density at radius 3 is 2.62 bits per heavy atom. The minimum absolute atomic E-state index is 0.0875. The van der Waals surface area contributed by atoms with E-state index in [1.807, 2.05) is 31.2 Å². The molecule has 0 unspecified atom stereocenters. The van der Waals surface area contributed by atoms with Crippen molar-refractivity contribution in [1.29, 1.82) is 0 Å². The minimum atomic E-state index is -1.39. The fourth-order valence-electron chi connectivity index (χ4n) is 1.75. The zero-order valence-corrected chi connectivity index (χ0v) is 8.78. The van der Waals surface area contributed by atoms with Crippen LogP contribution >= 0.6 is 0 Å². The van der Waals surface area contributed by atoms with Gasteiger partial charge in [-0.25, -0.2) is 4.79 Å². The lowest BCUT2D eigenvalue weighted by Gasteiger charge is -1.95. The second-order valence-corrected chi connectivity index (χ2v) is 3.68. The highest BCUT2D eigenvalue weighted by Crippen LogP contribution is 2.21. The number of aromatic amines is 1. The van der Waals surface area contributed by atoms with Gasteiger partial charge in [-0.1, -0.05) is 18.2 Å². The van der Waals surface area contributed by atoms with E-state index in [-0.39, 0.29) is 6.42 Å². The van der Waals surface area contributed by atoms with Gasteiger partial charge in [0.2, 0.25) is 5.78 Å². The second-order valence-electron chi connectivity index (χ2n) is 3.68. The summed E-state index contributed by atoms with van der Waals surface area (Å²) in [5, 5.41) is 9.57. The third-order valence-electron chi connectivity index (χ3n) is 2.65. The smallest absolute Gasteiger partial charge is 0.372 e. The average Bonchev–Trinajstić information content (AvgIpc) is 2.56. The van der Waals surface area contributed by atoms with E-state index in [2.05, 4.69) is 4.98 Å². The number of carbonyl (C=O) groups excluding carboxylic acids is 1. The maximum absolute atomic E-state index is 11.1. The van der Waals surface area contributed by atoms with E-state index in [0.717, 1.165) is 16.5 Å². The molecule has 0 radical (unpaired) electrons. The molecule has 2 aromatic rings. The molecule has 16 heavy (non-hydrogen) atoms. The topological polar surface area (TPSA) is 70.2 Å². The minimum Gasteiger partial charge on any atom is -0.475 e. The number of ketones is 1. The van der Waals surface area contributed by atoms with Crippen LogP contribution in [0.3, 0.4) is 0 Å². The fraction of sp³-hybridized carbons (Fsp3) is 0.167. The van der Waals surface area contributed by atoms with Crippen LogP contribution in [0.15, 0.2) is 24.3 Å². The van der Waals surface area contributed by atoms with Crippen molar-refractivity contribution in [3.05, 3.63) is 35.5 Å². The molecule has 0 spiro atoms. The quantitative estimate of drug-likeness (QED) is 0.768. The van der Waals surface area contributed by atoms with Crippen LogP contribution in [-0.2, 0) is 16.0 Å². The Kier molecular flexibility index (Phi) is 2.48. The molecule has 2 rings (SSSR count). The van der Waals surface area contributed by atoms with E-state index in [0.29, 0.717) is 5.69 Å². The molecular weight excluding hydrogens is 206 g/mol. The molecule has 0 saturated heterocycles. The van der Waals surface area contributed by atoms with Crippen LogP contribution in [-0.4, -0.2) is 21.8 Å². The predicted octanol–water partition coefficient (Wildman–Crippen LogP) is 1.67. The van der Waals surface area contributed by atoms with Crippen LogP contribution in [0.5, 0.6) is 0 Å². The van der Waals surface area contributed by atoms with Crippen molar-refractivity contribution >= 4 is 22.7 Å². The molecule has 0 fully saturated rings. The summed E-state index contributed by atoms with van der Waals surface area (Å²) in [6.45, 7) is 1.88. The molecule has 0 atom stereocenters. The Hall–Kier alpha value is -2.10. The van der Waals surface area contributed by atoms with Gasteiger partial charge in [-0.15, -0.1) is 0 Å². The van der Waals surface area contributed by atoms with Crippen LogP contribution in [0.4, 0.5) is 0 Å². The second kappa shape index (κ2) is 3.81. The number of benzene rings is 1. The molecule has 0 amide bonds. The Bertz CT molecular complexity index is 569. The highest BCUT2D eigenvalue weighted by atomic mass is 16.4. The van der Waals surface area contributed by atoms with Gasteiger partial charge in [-0.05, 0) is 18.6 Å². The molecule has 0 aliphatic carbocycles. The van der Waals surface area contributed by atoms with Crippen LogP contribution in [0.2, 0.25) is 0 Å². The molecule has 0 saturated carbocycles. The number of rotatable bonds is 3. The number of fused-ring (bicyclic) bond motifs is 1. The van der Waals surface area contributed by atoms with Gasteiger partial charge in [0.15, 0.2) is 0 Å². The monoisotopic (exact) mass is 217 g/mol. The number of nitrogens with one attached hydrogen (secondary N) is 1. The first kappa shape index (κ1) is 10.4. The molecule has 0 aliphatic heterocycles. The third-order valence-corrected chi connectivity index (χ3v) is 2.65. The number of carboxylic acid groups (broad SMARTS) is 1. The standard InChI is InChI=1S/C12H11NO3/c1-7-8-4-2-3-5-9(8)13-10(7)6-11(14)12(15)16/h2-5,13H,6H2,1H3,(H,15,16). The molecule has 1 heterocycles. The zero-order chi connectivity index (χ0) is 11.7. The average molecular weight is 217 g/mol. The molecule has 1 aromatic carbocycles. The maximum Gasteiger partial charge on any atom is 0.372 e. The summed E-state index contributed by atoms with van der Waals surface area (Å²) in [5.74, 6) is -2.19. The van der Waals surface area contributed by atoms with E-state index in [1.165, 1.54) is 0 Å². The normalized spacial score (nSPS) is 10.6. The lowest BCUT2D eigenvalue weighted by atomic mass is 10.1. The molecule has 1 aromatic heterocycles. The lowest BCUT2D eigenvalue weighted by molar-refractivity contribution is -0.148. The van der Waals surface area contributed by atoms with Crippen molar-refractivity contribution in [2.24, 2.45) is 0 Å². The van der Waals surface area contributed by atoms with Crippen LogP contribution in [0, 0.1) is 6.92 Å². The van der Waals surface area contributed by atoms with Gasteiger partial charge in [0.05, 0.1) is 6.42 Å². The summed E-state index contributed by atoms with van der Waals surface area (Å²) in [7, 11) is 0. The van der Waals surface area contributed by atoms with Crippen LogP contribution in [0.25, 0.3) is 10.9 Å². The van der Waals surface area contributed by atoms with Crippen molar-refractivity contribution in [2.75, 3.05) is 0 Å². The van der Waals surface area contributed by atoms with E-state index in [9.17, 15) is 9.59 Å². The van der Waals surface area contributed by atoms with Crippen molar-refractivity contribution < 1.29 is 14.7 Å². The zero-order valence-electron chi connectivity index (χ0n) is 8.78. The Labute approximate surface area is 91.9 Å². The Balaban J connectivity index is 2.42. The van der Waals surface area contributed by atoms with Gasteiger partial charge in [0.1, 0.15) is 0 Å². The molecular formula is C12H11NO3. The first-order valence-electron chi connectivity index (χ1n) is 4.92. The van der Waals surface area contributed by atoms with E-state index in [4.69, 9.17) is 5.11 Å². The number of aromatic nitrogens is 1. The summed E-state index contributed by atoms with van der Waals surface area (Å²) in [4.78, 5) is 24.7. The van der Waals surface area contributed by atoms with E-state index in [1.54, 1.807) is 0 Å². The summed E-state index contributed by atoms with van der Waals surface area (Å²) in [6.07, 6.45) is -0.0875. The van der Waals surface area contributed by atoms with Gasteiger partial charge in [-0.3, -0.25) is 4.79 Å². The number of hydrogen-bond donors (Lipinski definition) is 2. The third kappa shape index (κ3) is 1.69. The highest BCUT2D eigenvalue weighted by Gasteiger charge is 2.16. The molecule has 0 aliphatic rings. The van der Waals surface area contributed by atoms with Crippen LogP contribution in [0.1, 0.15) is 11.3 Å². The lowest BCUT2D eigenvalue weighted by Crippen LogP contribution is -2.15. The molecule has 2 N–H and O–H groups in total. The van der Waals surface area contributed by atoms with Crippen molar-refractivity contribution in [3.63, 3.8) is 0 Å². The van der Waals surface area contributed by atoms with Crippen molar-refractivity contribution in [3.8, 4) is 0 Å². The maximum atomic E-state index is 11.1. The Morgan fingerprint density at radius 1 is 1.31 bits per heavy atom. The Morgan fingerprint density at radius 2 is 2.00 bits per heavy atom. The summed E-state index contributed by atoms with van der Waals surface area (Å²) >= 11 is 0. The van der Waals surface area contributed by atoms with Gasteiger partial charge in [-0.2, -0.15) is 0 Å². The van der Waals surface area contributed by atoms with Gasteiger partial charge >= 0.3 is 5.97 Å². The number of hydrogen-bond acceptors (Lipinski definition) is 2. The largest absolute Gasteiger partial charge is 0.475 e. The molecule has 4 heteroatoms. The van der Waals surface area contributed by atoms with Crippen LogP contribution < -0.4 is 0 Å². The predicted molar refractivity (Wildman–Crippen MR) is 59.4 cm³/mol. The summed E-state index contributed by atoms with van der Waals surface area (Å²) in [5.41, 5.74) is 2.53. The van der Waals surface area contributed by atoms with Crippen molar-refractivity contribution in [2.45, 2.75) is 13.3 Å². The first-order valence-corrected chi connectivity index (χ1v) is 4.92. The summed E-state index contributed by atoms with van der Waals surface area (Å²) in [6, 6.07) is 7.64. The number of aryl methyl sites for hydroxylation is 1. The number of carbonyl (C=O) groups is 2. The van der Waals surface area contributed by atoms with Crippen molar-refractivity contribution in [1.82, 2.24) is 4.98 Å². The number of Topliss-reactive ketones (excluding diaryl/α,β-unsaturated/α-hetero) is 1. The molecule has 0 bridgehead atoms. The highest BCUT2D eigenvalue weighted by molar-refractivity contribution is 6.33. The van der Waals surface area contributed by atoms with Gasteiger partial charge < -0.3 is 10.1 Å².